The first kappa shape index (κ1) is 12.0. The molecule has 0 radical (unpaired) electrons. The Kier molecular flexibility index (Phi) is 4.35. The predicted octanol–water partition coefficient (Wildman–Crippen LogP) is 0.961. The fourth-order valence-corrected chi connectivity index (χ4v) is 2.28. The summed E-state index contributed by atoms with van der Waals surface area (Å²) in [6, 6.07) is 0.703. The molecular formula is C11H24N2O. The Morgan fingerprint density at radius 3 is 2.43 bits per heavy atom. The smallest absolute Gasteiger partial charge is 0.0621 e. The average molecular weight is 200 g/mol. The van der Waals surface area contributed by atoms with Gasteiger partial charge in [-0.1, -0.05) is 19.8 Å². The molecule has 0 aromatic rings. The lowest BCUT2D eigenvalue weighted by molar-refractivity contribution is 0.122. The minimum Gasteiger partial charge on any atom is -0.394 e. The molecule has 1 saturated carbocycles. The Balaban J connectivity index is 2.45. The molecule has 0 heterocycles. The fraction of sp³-hybridized carbons (Fsp3) is 1.00. The third-order valence-electron chi connectivity index (χ3n) is 3.17. The summed E-state index contributed by atoms with van der Waals surface area (Å²) in [5.74, 6) is 0. The molecule has 14 heavy (non-hydrogen) atoms. The first-order valence-electron chi connectivity index (χ1n) is 5.73. The second-order valence-electron chi connectivity index (χ2n) is 4.81. The third-order valence-corrected chi connectivity index (χ3v) is 3.17. The molecule has 1 aliphatic rings. The summed E-state index contributed by atoms with van der Waals surface area (Å²) in [6.07, 6.45) is 5.30. The van der Waals surface area contributed by atoms with Crippen LogP contribution in [0.1, 0.15) is 39.5 Å². The lowest BCUT2D eigenvalue weighted by Crippen LogP contribution is -2.52. The van der Waals surface area contributed by atoms with Gasteiger partial charge in [0, 0.05) is 18.1 Å². The number of hydrogen-bond donors (Lipinski definition) is 2. The molecule has 1 unspecified atom stereocenters. The van der Waals surface area contributed by atoms with Gasteiger partial charge < -0.3 is 10.8 Å². The van der Waals surface area contributed by atoms with Crippen LogP contribution in [0.15, 0.2) is 0 Å². The molecule has 0 bridgehead atoms. The van der Waals surface area contributed by atoms with Gasteiger partial charge in [0.2, 0.25) is 0 Å². The molecule has 1 aliphatic carbocycles. The summed E-state index contributed by atoms with van der Waals surface area (Å²) in [4.78, 5) is 2.42. The standard InChI is InChI=1S/C11H24N2O/c1-3-13(8-11(2,12)9-14)10-6-4-5-7-10/h10,14H,3-9,12H2,1-2H3. The van der Waals surface area contributed by atoms with E-state index in [9.17, 15) is 0 Å². The third kappa shape index (κ3) is 3.23. The molecule has 3 nitrogen and oxygen atoms in total. The Labute approximate surface area is 87.3 Å². The van der Waals surface area contributed by atoms with E-state index < -0.39 is 5.54 Å². The molecule has 1 atom stereocenters. The Hall–Kier alpha value is -0.120. The van der Waals surface area contributed by atoms with Crippen molar-refractivity contribution in [2.45, 2.75) is 51.1 Å². The van der Waals surface area contributed by atoms with E-state index in [1.807, 2.05) is 6.92 Å². The normalized spacial score (nSPS) is 22.9. The molecule has 0 aromatic heterocycles. The van der Waals surface area contributed by atoms with Gasteiger partial charge in [0.05, 0.1) is 6.61 Å². The van der Waals surface area contributed by atoms with Crippen molar-refractivity contribution in [1.29, 1.82) is 0 Å². The quantitative estimate of drug-likeness (QED) is 0.695. The molecule has 0 aliphatic heterocycles. The molecule has 3 heteroatoms. The molecule has 0 spiro atoms. The summed E-state index contributed by atoms with van der Waals surface area (Å²) in [5.41, 5.74) is 5.52. The van der Waals surface area contributed by atoms with E-state index in [2.05, 4.69) is 11.8 Å². The van der Waals surface area contributed by atoms with Crippen LogP contribution in [0.2, 0.25) is 0 Å². The van der Waals surface area contributed by atoms with Crippen molar-refractivity contribution in [3.8, 4) is 0 Å². The topological polar surface area (TPSA) is 49.5 Å². The molecule has 0 amide bonds. The van der Waals surface area contributed by atoms with Crippen LogP contribution in [0.3, 0.4) is 0 Å². The zero-order valence-corrected chi connectivity index (χ0v) is 9.50. The van der Waals surface area contributed by atoms with E-state index in [4.69, 9.17) is 10.8 Å². The minimum absolute atomic E-state index is 0.0657. The summed E-state index contributed by atoms with van der Waals surface area (Å²) < 4.78 is 0. The number of rotatable bonds is 5. The number of hydrogen-bond acceptors (Lipinski definition) is 3. The molecule has 1 fully saturated rings. The lowest BCUT2D eigenvalue weighted by atomic mass is 10.0. The van der Waals surface area contributed by atoms with Crippen molar-refractivity contribution >= 4 is 0 Å². The van der Waals surface area contributed by atoms with Crippen molar-refractivity contribution in [2.24, 2.45) is 5.73 Å². The summed E-state index contributed by atoms with van der Waals surface area (Å²) in [5, 5.41) is 9.13. The van der Waals surface area contributed by atoms with E-state index in [-0.39, 0.29) is 6.61 Å². The summed E-state index contributed by atoms with van der Waals surface area (Å²) in [6.45, 7) is 6.01. The summed E-state index contributed by atoms with van der Waals surface area (Å²) in [7, 11) is 0. The van der Waals surface area contributed by atoms with Crippen molar-refractivity contribution in [3.05, 3.63) is 0 Å². The first-order chi connectivity index (χ1) is 6.59. The maximum Gasteiger partial charge on any atom is 0.0621 e. The molecular weight excluding hydrogens is 176 g/mol. The van der Waals surface area contributed by atoms with Gasteiger partial charge in [0.1, 0.15) is 0 Å². The Morgan fingerprint density at radius 2 is 2.00 bits per heavy atom. The minimum atomic E-state index is -0.446. The van der Waals surface area contributed by atoms with Crippen LogP contribution in [0.4, 0.5) is 0 Å². The molecule has 0 aromatic carbocycles. The summed E-state index contributed by atoms with van der Waals surface area (Å²) >= 11 is 0. The number of nitrogens with zero attached hydrogens (tertiary/aromatic N) is 1. The predicted molar refractivity (Wildman–Crippen MR) is 59.2 cm³/mol. The molecule has 1 rings (SSSR count). The number of aliphatic hydroxyl groups excluding tert-OH is 1. The Bertz CT molecular complexity index is 165. The van der Waals surface area contributed by atoms with Gasteiger partial charge in [-0.2, -0.15) is 0 Å². The fourth-order valence-electron chi connectivity index (χ4n) is 2.28. The zero-order valence-electron chi connectivity index (χ0n) is 9.50. The van der Waals surface area contributed by atoms with Crippen molar-refractivity contribution in [2.75, 3.05) is 19.7 Å². The van der Waals surface area contributed by atoms with Crippen molar-refractivity contribution in [1.82, 2.24) is 4.90 Å². The first-order valence-corrected chi connectivity index (χ1v) is 5.73. The second kappa shape index (κ2) is 5.10. The van der Waals surface area contributed by atoms with Crippen LogP contribution in [0, 0.1) is 0 Å². The average Bonchev–Trinajstić information content (AvgIpc) is 2.67. The van der Waals surface area contributed by atoms with E-state index in [0.717, 1.165) is 13.1 Å². The zero-order chi connectivity index (χ0) is 10.6. The highest BCUT2D eigenvalue weighted by Gasteiger charge is 2.27. The van der Waals surface area contributed by atoms with Crippen LogP contribution in [-0.2, 0) is 0 Å². The van der Waals surface area contributed by atoms with Gasteiger partial charge in [0.25, 0.3) is 0 Å². The van der Waals surface area contributed by atoms with Crippen molar-refractivity contribution in [3.63, 3.8) is 0 Å². The van der Waals surface area contributed by atoms with Crippen LogP contribution < -0.4 is 5.73 Å². The van der Waals surface area contributed by atoms with Crippen LogP contribution in [0.25, 0.3) is 0 Å². The number of nitrogens with two attached hydrogens (primary N) is 1. The van der Waals surface area contributed by atoms with Gasteiger partial charge in [0.15, 0.2) is 0 Å². The van der Waals surface area contributed by atoms with E-state index in [1.54, 1.807) is 0 Å². The highest BCUT2D eigenvalue weighted by atomic mass is 16.3. The molecule has 3 N–H and O–H groups in total. The van der Waals surface area contributed by atoms with Crippen LogP contribution in [-0.4, -0.2) is 41.3 Å². The number of likely N-dealkylation sites (N-methyl/N-ethyl adjacent to an activating group) is 1. The van der Waals surface area contributed by atoms with Crippen LogP contribution in [0.5, 0.6) is 0 Å². The van der Waals surface area contributed by atoms with Gasteiger partial charge in [-0.15, -0.1) is 0 Å². The second-order valence-corrected chi connectivity index (χ2v) is 4.81. The lowest BCUT2D eigenvalue weighted by Gasteiger charge is -2.34. The van der Waals surface area contributed by atoms with E-state index in [1.165, 1.54) is 25.7 Å². The maximum absolute atomic E-state index is 9.13. The van der Waals surface area contributed by atoms with Gasteiger partial charge in [-0.25, -0.2) is 0 Å². The van der Waals surface area contributed by atoms with Gasteiger partial charge in [-0.3, -0.25) is 4.90 Å². The van der Waals surface area contributed by atoms with E-state index in [0.29, 0.717) is 6.04 Å². The Morgan fingerprint density at radius 1 is 1.43 bits per heavy atom. The van der Waals surface area contributed by atoms with E-state index >= 15 is 0 Å². The highest BCUT2D eigenvalue weighted by Crippen LogP contribution is 2.24. The van der Waals surface area contributed by atoms with Crippen molar-refractivity contribution < 1.29 is 5.11 Å². The molecule has 84 valence electrons. The SMILES string of the molecule is CCN(CC(C)(N)CO)C1CCCC1. The number of aliphatic hydroxyl groups is 1. The highest BCUT2D eigenvalue weighted by molar-refractivity contribution is 4.86. The van der Waals surface area contributed by atoms with Crippen LogP contribution >= 0.6 is 0 Å². The largest absolute Gasteiger partial charge is 0.394 e. The van der Waals surface area contributed by atoms with Gasteiger partial charge >= 0.3 is 0 Å². The van der Waals surface area contributed by atoms with Gasteiger partial charge in [-0.05, 0) is 26.3 Å². The molecule has 0 saturated heterocycles. The monoisotopic (exact) mass is 200 g/mol. The maximum atomic E-state index is 9.13.